The van der Waals surface area contributed by atoms with Crippen LogP contribution in [0.4, 0.5) is 0 Å². The summed E-state index contributed by atoms with van der Waals surface area (Å²) in [4.78, 5) is 0.163. The average Bonchev–Trinajstić information content (AvgIpc) is 2.47. The van der Waals surface area contributed by atoms with Crippen LogP contribution >= 0.6 is 11.6 Å². The molecule has 6 heteroatoms. The van der Waals surface area contributed by atoms with Gasteiger partial charge in [-0.25, -0.2) is 13.1 Å². The maximum atomic E-state index is 12.2. The van der Waals surface area contributed by atoms with Gasteiger partial charge >= 0.3 is 0 Å². The number of nitriles is 1. The molecule has 0 aliphatic rings. The van der Waals surface area contributed by atoms with Gasteiger partial charge in [0.2, 0.25) is 10.0 Å². The molecule has 0 aliphatic carbocycles. The number of sulfonamides is 1. The second kappa shape index (κ2) is 6.72. The summed E-state index contributed by atoms with van der Waals surface area (Å²) in [6.07, 6.45) is 0.257. The molecule has 1 N–H and O–H groups in total. The zero-order valence-corrected chi connectivity index (χ0v) is 12.7. The number of benzene rings is 2. The molecule has 0 bridgehead atoms. The van der Waals surface area contributed by atoms with Crippen molar-refractivity contribution in [3.8, 4) is 6.07 Å². The molecule has 0 atom stereocenters. The number of nitrogens with one attached hydrogen (secondary N) is 1. The minimum atomic E-state index is -3.60. The highest BCUT2D eigenvalue weighted by Gasteiger charge is 2.14. The Bertz CT molecular complexity index is 765. The summed E-state index contributed by atoms with van der Waals surface area (Å²) < 4.78 is 26.8. The first-order valence-corrected chi connectivity index (χ1v) is 8.08. The van der Waals surface area contributed by atoms with Crippen LogP contribution in [0.2, 0.25) is 5.02 Å². The Balaban J connectivity index is 2.12. The van der Waals surface area contributed by atoms with E-state index in [0.717, 1.165) is 5.56 Å². The summed E-state index contributed by atoms with van der Waals surface area (Å²) in [6, 6.07) is 15.3. The van der Waals surface area contributed by atoms with Crippen molar-refractivity contribution >= 4 is 21.6 Å². The summed E-state index contributed by atoms with van der Waals surface area (Å²) in [5.41, 5.74) is 1.49. The molecule has 0 amide bonds. The fourth-order valence-electron chi connectivity index (χ4n) is 1.78. The molecule has 21 heavy (non-hydrogen) atoms. The molecule has 0 spiro atoms. The van der Waals surface area contributed by atoms with Crippen molar-refractivity contribution < 1.29 is 8.42 Å². The second-order valence-electron chi connectivity index (χ2n) is 4.39. The summed E-state index contributed by atoms with van der Waals surface area (Å²) in [7, 11) is -3.60. The largest absolute Gasteiger partial charge is 0.240 e. The normalized spacial score (nSPS) is 11.0. The molecule has 0 saturated carbocycles. The number of nitrogens with zero attached hydrogens (tertiary/aromatic N) is 1. The molecule has 0 unspecified atom stereocenters. The lowest BCUT2D eigenvalue weighted by Gasteiger charge is -2.08. The van der Waals surface area contributed by atoms with E-state index in [1.807, 2.05) is 6.07 Å². The lowest BCUT2D eigenvalue weighted by atomic mass is 10.2. The summed E-state index contributed by atoms with van der Waals surface area (Å²) in [5, 5.41) is 9.11. The van der Waals surface area contributed by atoms with Gasteiger partial charge in [-0.2, -0.15) is 5.26 Å². The van der Waals surface area contributed by atoms with Gasteiger partial charge in [-0.05, 0) is 29.3 Å². The molecular formula is C15H13ClN2O2S. The van der Waals surface area contributed by atoms with Gasteiger partial charge in [0.1, 0.15) is 0 Å². The van der Waals surface area contributed by atoms with Gasteiger partial charge < -0.3 is 0 Å². The van der Waals surface area contributed by atoms with E-state index >= 15 is 0 Å². The Labute approximate surface area is 129 Å². The van der Waals surface area contributed by atoms with E-state index in [2.05, 4.69) is 4.72 Å². The lowest BCUT2D eigenvalue weighted by molar-refractivity contribution is 0.581. The van der Waals surface area contributed by atoms with Crippen LogP contribution in [0.1, 0.15) is 11.1 Å². The fourth-order valence-corrected chi connectivity index (χ4v) is 2.98. The van der Waals surface area contributed by atoms with Crippen LogP contribution < -0.4 is 4.72 Å². The maximum absolute atomic E-state index is 12.2. The first-order chi connectivity index (χ1) is 10.0. The molecule has 4 nitrogen and oxygen atoms in total. The topological polar surface area (TPSA) is 70.0 Å². The van der Waals surface area contributed by atoms with Gasteiger partial charge in [0.25, 0.3) is 0 Å². The highest BCUT2D eigenvalue weighted by Crippen LogP contribution is 2.16. The Kier molecular flexibility index (Phi) is 4.97. The highest BCUT2D eigenvalue weighted by atomic mass is 35.5. The third-order valence-electron chi connectivity index (χ3n) is 2.93. The van der Waals surface area contributed by atoms with E-state index in [-0.39, 0.29) is 17.9 Å². The molecular weight excluding hydrogens is 308 g/mol. The molecule has 108 valence electrons. The molecule has 0 fully saturated rings. The smallest absolute Gasteiger partial charge is 0.207 e. The monoisotopic (exact) mass is 320 g/mol. The summed E-state index contributed by atoms with van der Waals surface area (Å²) in [5.74, 6) is 0. The third kappa shape index (κ3) is 4.05. The molecule has 0 heterocycles. The zero-order valence-electron chi connectivity index (χ0n) is 11.1. The van der Waals surface area contributed by atoms with Crippen LogP contribution in [0.15, 0.2) is 53.4 Å². The van der Waals surface area contributed by atoms with Crippen LogP contribution in [0.25, 0.3) is 0 Å². The highest BCUT2D eigenvalue weighted by molar-refractivity contribution is 7.89. The van der Waals surface area contributed by atoms with E-state index in [4.69, 9.17) is 16.9 Å². The first-order valence-electron chi connectivity index (χ1n) is 6.22. The van der Waals surface area contributed by atoms with Gasteiger partial charge in [0.15, 0.2) is 0 Å². The van der Waals surface area contributed by atoms with Crippen molar-refractivity contribution in [3.05, 3.63) is 64.7 Å². The van der Waals surface area contributed by atoms with Gasteiger partial charge in [-0.1, -0.05) is 41.9 Å². The molecule has 2 rings (SSSR count). The number of hydrogen-bond donors (Lipinski definition) is 1. The fraction of sp³-hybridized carbons (Fsp3) is 0.133. The predicted octanol–water partition coefficient (Wildman–Crippen LogP) is 2.88. The maximum Gasteiger partial charge on any atom is 0.240 e. The van der Waals surface area contributed by atoms with E-state index in [1.165, 1.54) is 12.1 Å². The third-order valence-corrected chi connectivity index (χ3v) is 4.71. The number of rotatable bonds is 5. The van der Waals surface area contributed by atoms with E-state index in [9.17, 15) is 8.42 Å². The number of halogens is 1. The zero-order chi connectivity index (χ0) is 15.3. The Hall–Kier alpha value is -1.87. The lowest BCUT2D eigenvalue weighted by Crippen LogP contribution is -2.23. The average molecular weight is 321 g/mol. The van der Waals surface area contributed by atoms with Gasteiger partial charge in [-0.15, -0.1) is 0 Å². The molecule has 2 aromatic rings. The van der Waals surface area contributed by atoms with E-state index in [1.54, 1.807) is 36.4 Å². The van der Waals surface area contributed by atoms with Crippen molar-refractivity contribution in [2.24, 2.45) is 0 Å². The van der Waals surface area contributed by atoms with Gasteiger partial charge in [-0.3, -0.25) is 0 Å². The Morgan fingerprint density at radius 1 is 1.10 bits per heavy atom. The minimum absolute atomic E-state index is 0.127. The minimum Gasteiger partial charge on any atom is -0.207 e. The molecule has 0 aromatic heterocycles. The number of hydrogen-bond acceptors (Lipinski definition) is 3. The summed E-state index contributed by atoms with van der Waals surface area (Å²) in [6.45, 7) is 0.127. The van der Waals surface area contributed by atoms with E-state index in [0.29, 0.717) is 10.6 Å². The van der Waals surface area contributed by atoms with Crippen LogP contribution in [-0.4, -0.2) is 8.42 Å². The van der Waals surface area contributed by atoms with Crippen LogP contribution in [0, 0.1) is 11.3 Å². The summed E-state index contributed by atoms with van der Waals surface area (Å²) >= 11 is 5.99. The quantitative estimate of drug-likeness (QED) is 0.921. The van der Waals surface area contributed by atoms with Crippen molar-refractivity contribution in [1.82, 2.24) is 4.72 Å². The van der Waals surface area contributed by atoms with Crippen LogP contribution in [0.5, 0.6) is 0 Å². The molecule has 2 aromatic carbocycles. The van der Waals surface area contributed by atoms with Gasteiger partial charge in [0.05, 0.1) is 17.4 Å². The van der Waals surface area contributed by atoms with Crippen molar-refractivity contribution in [2.45, 2.75) is 17.9 Å². The predicted molar refractivity (Wildman–Crippen MR) is 81.2 cm³/mol. The molecule has 0 saturated heterocycles. The van der Waals surface area contributed by atoms with Crippen molar-refractivity contribution in [3.63, 3.8) is 0 Å². The van der Waals surface area contributed by atoms with Crippen LogP contribution in [0.3, 0.4) is 0 Å². The van der Waals surface area contributed by atoms with Crippen molar-refractivity contribution in [2.75, 3.05) is 0 Å². The van der Waals surface area contributed by atoms with Crippen molar-refractivity contribution in [1.29, 1.82) is 5.26 Å². The second-order valence-corrected chi connectivity index (χ2v) is 6.57. The molecule has 0 aliphatic heterocycles. The Morgan fingerprint density at radius 3 is 2.38 bits per heavy atom. The standard InChI is InChI=1S/C15H13ClN2O2S/c16-15-4-2-1-3-13(15)11-18-21(19,20)14-7-5-12(6-8-14)9-10-17/h1-8,18H,9,11H2. The SMILES string of the molecule is N#CCc1ccc(S(=O)(=O)NCc2ccccc2Cl)cc1. The Morgan fingerprint density at radius 2 is 1.76 bits per heavy atom. The first kappa shape index (κ1) is 15.5. The van der Waals surface area contributed by atoms with Crippen LogP contribution in [-0.2, 0) is 23.0 Å². The van der Waals surface area contributed by atoms with Gasteiger partial charge in [0, 0.05) is 11.6 Å². The molecule has 0 radical (unpaired) electrons. The van der Waals surface area contributed by atoms with E-state index < -0.39 is 10.0 Å².